The third-order valence-electron chi connectivity index (χ3n) is 5.61. The number of esters is 1. The Bertz CT molecular complexity index is 1090. The number of nitrogens with one attached hydrogen (secondary N) is 1. The molecule has 1 aromatic carbocycles. The van der Waals surface area contributed by atoms with Gasteiger partial charge in [-0.2, -0.15) is 0 Å². The number of piperidine rings is 1. The Balaban J connectivity index is 1.88. The molecule has 2 aliphatic heterocycles. The van der Waals surface area contributed by atoms with Gasteiger partial charge < -0.3 is 29.3 Å². The zero-order valence-corrected chi connectivity index (χ0v) is 21.4. The number of rotatable bonds is 7. The first-order valence-corrected chi connectivity index (χ1v) is 13.9. The highest BCUT2D eigenvalue weighted by Crippen LogP contribution is 2.36. The molecule has 0 unspecified atom stereocenters. The average Bonchev–Trinajstić information content (AvgIpc) is 2.85. The number of likely N-dealkylation sites (tertiary alicyclic amines) is 1. The van der Waals surface area contributed by atoms with Gasteiger partial charge in [-0.3, -0.25) is 19.7 Å². The minimum absolute atomic E-state index is 0.0581. The molecule has 0 aliphatic carbocycles. The van der Waals surface area contributed by atoms with Crippen LogP contribution in [0, 0.1) is 0 Å². The zero-order chi connectivity index (χ0) is 26.7. The number of carbonyl (C=O) groups excluding carboxylic acids is 2. The Hall–Kier alpha value is -3.11. The number of fused-ring (bicyclic) bond motifs is 1. The van der Waals surface area contributed by atoms with Gasteiger partial charge in [0.1, 0.15) is 17.1 Å². The number of carbonyl (C=O) groups is 2. The maximum atomic E-state index is 12.8. The molecule has 0 atom stereocenters. The number of aromatic hydroxyl groups is 1. The number of phenols is 1. The van der Waals surface area contributed by atoms with Crippen LogP contribution in [0.2, 0.25) is 0 Å². The third kappa shape index (κ3) is 9.70. The number of benzene rings is 1. The molecule has 12 heteroatoms. The first-order valence-electron chi connectivity index (χ1n) is 12.1. The summed E-state index contributed by atoms with van der Waals surface area (Å²) in [6.07, 6.45) is 13.1. The van der Waals surface area contributed by atoms with E-state index in [-0.39, 0.29) is 36.0 Å². The van der Waals surface area contributed by atoms with Crippen molar-refractivity contribution in [2.24, 2.45) is 0 Å². The summed E-state index contributed by atoms with van der Waals surface area (Å²) in [4.78, 5) is 50.7. The van der Waals surface area contributed by atoms with Crippen molar-refractivity contribution in [2.75, 3.05) is 32.7 Å². The summed E-state index contributed by atoms with van der Waals surface area (Å²) in [6.45, 7) is 1.31. The third-order valence-corrected chi connectivity index (χ3v) is 6.08. The summed E-state index contributed by atoms with van der Waals surface area (Å²) in [7, 11) is -4.48. The number of hydrogen-bond donors (Lipinski definition) is 4. The molecule has 0 radical (unpaired) electrons. The van der Waals surface area contributed by atoms with E-state index in [0.29, 0.717) is 31.6 Å². The van der Waals surface area contributed by atoms with Crippen LogP contribution < -0.4 is 10.2 Å². The molecule has 0 spiro atoms. The van der Waals surface area contributed by atoms with E-state index in [1.54, 1.807) is 11.0 Å². The van der Waals surface area contributed by atoms with Crippen molar-refractivity contribution >= 4 is 25.5 Å². The summed E-state index contributed by atoms with van der Waals surface area (Å²) >= 11 is 0. The fourth-order valence-electron chi connectivity index (χ4n) is 3.83. The molecule has 202 valence electrons. The Morgan fingerprint density at radius 1 is 1.08 bits per heavy atom. The molecular weight excluding hydrogens is 503 g/mol. The van der Waals surface area contributed by atoms with Crippen LogP contribution in [0.15, 0.2) is 42.1 Å². The standard InChI is InChI=1S/C25H33N2O9P/c28-22-16-21(35-18-37(31,32)33)15-19-14-20(26-36-17-23(29)27-11-7-5-8-12-27)10-6-3-1-2-4-9-13-34-25(30)24(19)22/h2,4,6,10,14-16,26,28H,1,3,5,7-9,11-13,17-18H2,(H2,31,32,33)/b4-2?,10-6?,20-14-. The van der Waals surface area contributed by atoms with E-state index in [9.17, 15) is 19.3 Å². The first-order chi connectivity index (χ1) is 17.7. The molecule has 3 rings (SSSR count). The summed E-state index contributed by atoms with van der Waals surface area (Å²) in [6, 6.07) is 2.44. The lowest BCUT2D eigenvalue weighted by Gasteiger charge is -2.26. The number of ether oxygens (including phenoxy) is 2. The Morgan fingerprint density at radius 2 is 1.81 bits per heavy atom. The largest absolute Gasteiger partial charge is 0.507 e. The molecule has 11 nitrogen and oxygen atoms in total. The molecule has 1 amide bonds. The number of allylic oxidation sites excluding steroid dienone is 3. The Labute approximate surface area is 215 Å². The van der Waals surface area contributed by atoms with Crippen molar-refractivity contribution in [2.45, 2.75) is 38.5 Å². The van der Waals surface area contributed by atoms with Crippen molar-refractivity contribution in [1.29, 1.82) is 0 Å². The van der Waals surface area contributed by atoms with E-state index in [1.807, 2.05) is 18.2 Å². The van der Waals surface area contributed by atoms with Gasteiger partial charge in [0.25, 0.3) is 5.91 Å². The highest BCUT2D eigenvalue weighted by Gasteiger charge is 2.21. The monoisotopic (exact) mass is 536 g/mol. The molecule has 4 N–H and O–H groups in total. The molecule has 2 aliphatic rings. The second-order valence-corrected chi connectivity index (χ2v) is 10.2. The Kier molecular flexibility index (Phi) is 10.8. The lowest BCUT2D eigenvalue weighted by Crippen LogP contribution is -2.39. The van der Waals surface area contributed by atoms with Crippen molar-refractivity contribution in [3.8, 4) is 11.5 Å². The average molecular weight is 537 g/mol. The van der Waals surface area contributed by atoms with Gasteiger partial charge in [-0.1, -0.05) is 18.2 Å². The van der Waals surface area contributed by atoms with Gasteiger partial charge >= 0.3 is 13.6 Å². The predicted octanol–water partition coefficient (Wildman–Crippen LogP) is 3.23. The van der Waals surface area contributed by atoms with Crippen LogP contribution in [-0.4, -0.2) is 64.3 Å². The summed E-state index contributed by atoms with van der Waals surface area (Å²) in [5, 5.41) is 10.6. The van der Waals surface area contributed by atoms with Crippen molar-refractivity contribution < 1.29 is 43.4 Å². The van der Waals surface area contributed by atoms with E-state index >= 15 is 0 Å². The van der Waals surface area contributed by atoms with Crippen LogP contribution in [0.25, 0.3) is 6.08 Å². The quantitative estimate of drug-likeness (QED) is 0.177. The lowest BCUT2D eigenvalue weighted by molar-refractivity contribution is -0.139. The number of cyclic esters (lactones) is 1. The number of phenolic OH excluding ortho intramolecular Hbond substituents is 1. The van der Waals surface area contributed by atoms with E-state index in [0.717, 1.165) is 31.7 Å². The second-order valence-electron chi connectivity index (χ2n) is 8.65. The first kappa shape index (κ1) is 28.5. The zero-order valence-electron chi connectivity index (χ0n) is 20.5. The van der Waals surface area contributed by atoms with Gasteiger partial charge in [-0.15, -0.1) is 0 Å². The van der Waals surface area contributed by atoms with Gasteiger partial charge in [0.2, 0.25) is 0 Å². The smallest absolute Gasteiger partial charge is 0.362 e. The van der Waals surface area contributed by atoms with E-state index < -0.39 is 25.7 Å². The molecule has 0 saturated carbocycles. The Morgan fingerprint density at radius 3 is 2.57 bits per heavy atom. The number of nitrogens with zero attached hydrogens (tertiary/aromatic N) is 1. The van der Waals surface area contributed by atoms with Crippen LogP contribution in [0.3, 0.4) is 0 Å². The summed E-state index contributed by atoms with van der Waals surface area (Å²) in [5.74, 6) is -1.46. The minimum Gasteiger partial charge on any atom is -0.507 e. The van der Waals surface area contributed by atoms with E-state index in [2.05, 4.69) is 5.48 Å². The number of hydrogen-bond acceptors (Lipinski definition) is 8. The van der Waals surface area contributed by atoms with Crippen molar-refractivity contribution in [3.63, 3.8) is 0 Å². The van der Waals surface area contributed by atoms with Crippen molar-refractivity contribution in [1.82, 2.24) is 10.4 Å². The fraction of sp³-hybridized carbons (Fsp3) is 0.440. The van der Waals surface area contributed by atoms with Crippen molar-refractivity contribution in [3.05, 3.63) is 53.3 Å². The maximum absolute atomic E-state index is 12.8. The molecule has 1 saturated heterocycles. The molecule has 2 heterocycles. The molecule has 1 fully saturated rings. The maximum Gasteiger partial charge on any atom is 0.362 e. The van der Waals surface area contributed by atoms with Gasteiger partial charge in [0.15, 0.2) is 13.0 Å². The minimum atomic E-state index is -4.48. The molecule has 0 bridgehead atoms. The SMILES string of the molecule is O=C1OCCC=CCCC=C/C(NOCC(=O)N2CCCCC2)=C/c2cc(OCP(=O)(O)O)cc(O)c21. The summed E-state index contributed by atoms with van der Waals surface area (Å²) in [5.41, 5.74) is 3.11. The van der Waals surface area contributed by atoms with Crippen LogP contribution in [-0.2, 0) is 18.9 Å². The normalized spacial score (nSPS) is 18.7. The molecule has 37 heavy (non-hydrogen) atoms. The van der Waals surface area contributed by atoms with E-state index in [4.69, 9.17) is 24.1 Å². The fourth-order valence-corrected chi connectivity index (χ4v) is 4.14. The van der Waals surface area contributed by atoms with Crippen LogP contribution >= 0.6 is 7.60 Å². The molecule has 1 aromatic rings. The summed E-state index contributed by atoms with van der Waals surface area (Å²) < 4.78 is 21.7. The number of hydroxylamine groups is 1. The lowest BCUT2D eigenvalue weighted by atomic mass is 10.0. The van der Waals surface area contributed by atoms with Gasteiger partial charge in [0.05, 0.1) is 12.3 Å². The second kappa shape index (κ2) is 14.0. The van der Waals surface area contributed by atoms with Gasteiger partial charge in [0, 0.05) is 19.2 Å². The van der Waals surface area contributed by atoms with Crippen LogP contribution in [0.5, 0.6) is 11.5 Å². The van der Waals surface area contributed by atoms with Crippen LogP contribution in [0.1, 0.15) is 54.4 Å². The molecule has 0 aromatic heterocycles. The highest BCUT2D eigenvalue weighted by molar-refractivity contribution is 7.51. The van der Waals surface area contributed by atoms with E-state index in [1.165, 1.54) is 12.1 Å². The van der Waals surface area contributed by atoms with Gasteiger partial charge in [-0.25, -0.2) is 4.79 Å². The predicted molar refractivity (Wildman–Crippen MR) is 136 cm³/mol. The van der Waals surface area contributed by atoms with Crippen LogP contribution in [0.4, 0.5) is 0 Å². The van der Waals surface area contributed by atoms with Gasteiger partial charge in [-0.05, 0) is 62.3 Å². The molecular formula is C25H33N2O9P. The number of amides is 1. The highest BCUT2D eigenvalue weighted by atomic mass is 31.2. The topological polar surface area (TPSA) is 155 Å².